The summed E-state index contributed by atoms with van der Waals surface area (Å²) in [4.78, 5) is 0. The highest BCUT2D eigenvalue weighted by Gasteiger charge is 2.18. The summed E-state index contributed by atoms with van der Waals surface area (Å²) in [7, 11) is 10.4. The van der Waals surface area contributed by atoms with E-state index < -0.39 is 0 Å². The molecule has 0 aliphatic rings. The van der Waals surface area contributed by atoms with Gasteiger partial charge in [0.2, 0.25) is 0 Å². The first-order chi connectivity index (χ1) is 8.57. The fraction of sp³-hybridized carbons (Fsp3) is 0.250. The second-order valence-electron chi connectivity index (χ2n) is 5.25. The Labute approximate surface area is 111 Å². The molecule has 0 heterocycles. The third-order valence-electron chi connectivity index (χ3n) is 3.26. The lowest BCUT2D eigenvalue weighted by Crippen LogP contribution is -2.41. The highest BCUT2D eigenvalue weighted by Crippen LogP contribution is 2.26. The monoisotopic (exact) mass is 236 g/mol. The van der Waals surface area contributed by atoms with Crippen LogP contribution in [-0.4, -0.2) is 26.5 Å². The fourth-order valence-corrected chi connectivity index (χ4v) is 2.25. The van der Waals surface area contributed by atoms with E-state index in [-0.39, 0.29) is 6.04 Å². The maximum absolute atomic E-state index is 6.30. The van der Waals surface area contributed by atoms with Crippen molar-refractivity contribution in [2.45, 2.75) is 12.5 Å². The van der Waals surface area contributed by atoms with Crippen molar-refractivity contribution in [3.8, 4) is 0 Å². The molecule has 0 aliphatic heterocycles. The van der Waals surface area contributed by atoms with Gasteiger partial charge in [-0.3, -0.25) is 0 Å². The topological polar surface area (TPSA) is 0 Å². The molecule has 18 heavy (non-hydrogen) atoms. The Morgan fingerprint density at radius 3 is 1.89 bits per heavy atom. The van der Waals surface area contributed by atoms with Crippen LogP contribution in [0.3, 0.4) is 0 Å². The van der Waals surface area contributed by atoms with Gasteiger partial charge >= 0.3 is 0 Å². The first kappa shape index (κ1) is 12.9. The summed E-state index contributed by atoms with van der Waals surface area (Å²) in [6, 6.07) is 21.3. The van der Waals surface area contributed by atoms with Crippen LogP contribution in [0.1, 0.15) is 17.2 Å². The Morgan fingerprint density at radius 2 is 1.39 bits per heavy atom. The standard InChI is InChI=1S/C16H19BN/c1-18(2,17)16(15-11-7-4-8-12-15)13-14-9-5-3-6-10-14/h3-12,16H,13H2,1-2H3. The Kier molecular flexibility index (Phi) is 3.88. The van der Waals surface area contributed by atoms with E-state index in [1.165, 1.54) is 11.1 Å². The molecule has 1 nitrogen and oxygen atoms in total. The van der Waals surface area contributed by atoms with Crippen LogP contribution in [0.25, 0.3) is 0 Å². The molecule has 0 N–H and O–H groups in total. The first-order valence-electron chi connectivity index (χ1n) is 6.28. The van der Waals surface area contributed by atoms with Gasteiger partial charge in [-0.15, -0.1) is 0 Å². The minimum absolute atomic E-state index is 0.272. The van der Waals surface area contributed by atoms with Gasteiger partial charge in [0.15, 0.2) is 0 Å². The highest BCUT2D eigenvalue weighted by atomic mass is 15.2. The lowest BCUT2D eigenvalue weighted by Gasteiger charge is -2.49. The second-order valence-corrected chi connectivity index (χ2v) is 5.25. The normalized spacial score (nSPS) is 13.3. The zero-order valence-electron chi connectivity index (χ0n) is 11.1. The van der Waals surface area contributed by atoms with Crippen LogP contribution in [0.5, 0.6) is 0 Å². The van der Waals surface area contributed by atoms with Gasteiger partial charge in [-0.05, 0) is 5.56 Å². The quantitative estimate of drug-likeness (QED) is 0.715. The molecule has 2 heteroatoms. The number of nitrogens with zero attached hydrogens (tertiary/aromatic N) is 1. The molecule has 0 bridgehead atoms. The molecule has 1 atom stereocenters. The van der Waals surface area contributed by atoms with Gasteiger partial charge in [0.25, 0.3) is 0 Å². The van der Waals surface area contributed by atoms with Crippen molar-refractivity contribution in [1.29, 1.82) is 0 Å². The highest BCUT2D eigenvalue weighted by molar-refractivity contribution is 5.97. The van der Waals surface area contributed by atoms with E-state index in [0.29, 0.717) is 4.39 Å². The van der Waals surface area contributed by atoms with Crippen LogP contribution < -0.4 is 0 Å². The Bertz CT molecular complexity index is 473. The summed E-state index contributed by atoms with van der Waals surface area (Å²) in [5.74, 6) is 0. The fourth-order valence-electron chi connectivity index (χ4n) is 2.25. The van der Waals surface area contributed by atoms with Crippen molar-refractivity contribution in [3.05, 3.63) is 71.8 Å². The van der Waals surface area contributed by atoms with E-state index in [9.17, 15) is 0 Å². The lowest BCUT2D eigenvalue weighted by atomic mass is 9.93. The van der Waals surface area contributed by atoms with Gasteiger partial charge in [0, 0.05) is 26.1 Å². The molecule has 0 aromatic heterocycles. The molecular weight excluding hydrogens is 217 g/mol. The Hall–Kier alpha value is -1.54. The minimum atomic E-state index is 0.272. The van der Waals surface area contributed by atoms with Crippen molar-refractivity contribution in [2.24, 2.45) is 0 Å². The molecular formula is C16H19BN. The van der Waals surface area contributed by atoms with Crippen LogP contribution in [0.4, 0.5) is 0 Å². The van der Waals surface area contributed by atoms with Crippen LogP contribution in [0.2, 0.25) is 0 Å². The molecule has 1 unspecified atom stereocenters. The summed E-state index contributed by atoms with van der Waals surface area (Å²) in [6.45, 7) is 0. The van der Waals surface area contributed by atoms with Gasteiger partial charge < -0.3 is 4.39 Å². The van der Waals surface area contributed by atoms with Crippen molar-refractivity contribution < 1.29 is 4.39 Å². The molecule has 0 spiro atoms. The Balaban J connectivity index is 2.28. The van der Waals surface area contributed by atoms with E-state index in [4.69, 9.17) is 7.98 Å². The predicted molar refractivity (Wildman–Crippen MR) is 77.2 cm³/mol. The number of quaternary nitrogens is 1. The minimum Gasteiger partial charge on any atom is -0.586 e. The van der Waals surface area contributed by atoms with Crippen LogP contribution in [0, 0.1) is 0 Å². The summed E-state index contributed by atoms with van der Waals surface area (Å²) in [6.07, 6.45) is 0.953. The molecule has 2 aromatic rings. The molecule has 0 saturated carbocycles. The zero-order valence-corrected chi connectivity index (χ0v) is 11.1. The average molecular weight is 236 g/mol. The summed E-state index contributed by atoms with van der Waals surface area (Å²) >= 11 is 0. The molecule has 0 fully saturated rings. The van der Waals surface area contributed by atoms with E-state index in [2.05, 4.69) is 48.5 Å². The van der Waals surface area contributed by atoms with Gasteiger partial charge in [-0.1, -0.05) is 60.7 Å². The van der Waals surface area contributed by atoms with Crippen molar-refractivity contribution >= 4 is 7.98 Å². The van der Waals surface area contributed by atoms with Gasteiger partial charge in [-0.2, -0.15) is 0 Å². The molecule has 2 aromatic carbocycles. The third kappa shape index (κ3) is 3.24. The SMILES string of the molecule is [B-][N+](C)(C)C(Cc1ccccc1)c1ccccc1. The smallest absolute Gasteiger partial charge is 0.0721 e. The van der Waals surface area contributed by atoms with Crippen molar-refractivity contribution in [3.63, 3.8) is 0 Å². The van der Waals surface area contributed by atoms with E-state index in [1.807, 2.05) is 26.2 Å². The number of likely N-dealkylation sites (N-methyl/N-ethyl adjacent to an activating group) is 1. The maximum atomic E-state index is 6.30. The molecule has 2 rings (SSSR count). The molecule has 0 amide bonds. The molecule has 0 saturated heterocycles. The number of hydrogen-bond acceptors (Lipinski definition) is 0. The predicted octanol–water partition coefficient (Wildman–Crippen LogP) is 3.13. The average Bonchev–Trinajstić information content (AvgIpc) is 2.37. The maximum Gasteiger partial charge on any atom is 0.0721 e. The van der Waals surface area contributed by atoms with Crippen LogP contribution in [-0.2, 0) is 6.42 Å². The van der Waals surface area contributed by atoms with Crippen molar-refractivity contribution in [2.75, 3.05) is 14.1 Å². The zero-order chi connectivity index (χ0) is 13.0. The van der Waals surface area contributed by atoms with Crippen LogP contribution in [0.15, 0.2) is 60.7 Å². The molecule has 3 radical (unpaired) electrons. The number of hydrogen-bond donors (Lipinski definition) is 0. The largest absolute Gasteiger partial charge is 0.586 e. The van der Waals surface area contributed by atoms with E-state index >= 15 is 0 Å². The van der Waals surface area contributed by atoms with Gasteiger partial charge in [-0.25, -0.2) is 7.98 Å². The Morgan fingerprint density at radius 1 is 0.889 bits per heavy atom. The van der Waals surface area contributed by atoms with Gasteiger partial charge in [0.1, 0.15) is 0 Å². The first-order valence-corrected chi connectivity index (χ1v) is 6.28. The lowest BCUT2D eigenvalue weighted by molar-refractivity contribution is -0.808. The second kappa shape index (κ2) is 5.41. The molecule has 0 aliphatic carbocycles. The van der Waals surface area contributed by atoms with Gasteiger partial charge in [0.05, 0.1) is 6.04 Å². The number of benzene rings is 2. The summed E-state index contributed by atoms with van der Waals surface area (Å²) in [5.41, 5.74) is 2.61. The molecule has 91 valence electrons. The summed E-state index contributed by atoms with van der Waals surface area (Å²) < 4.78 is 0.443. The number of rotatable bonds is 4. The van der Waals surface area contributed by atoms with E-state index in [0.717, 1.165) is 6.42 Å². The third-order valence-corrected chi connectivity index (χ3v) is 3.26. The van der Waals surface area contributed by atoms with Crippen molar-refractivity contribution in [1.82, 2.24) is 0 Å². The van der Waals surface area contributed by atoms with Crippen LogP contribution >= 0.6 is 0 Å². The van der Waals surface area contributed by atoms with E-state index in [1.54, 1.807) is 0 Å². The summed E-state index contributed by atoms with van der Waals surface area (Å²) in [5, 5.41) is 0.